The fourth-order valence-electron chi connectivity index (χ4n) is 3.01. The summed E-state index contributed by atoms with van der Waals surface area (Å²) in [4.78, 5) is 34.3. The molecule has 3 rings (SSSR count). The number of amides is 1. The Morgan fingerprint density at radius 2 is 1.96 bits per heavy atom. The second-order valence-electron chi connectivity index (χ2n) is 7.08. The summed E-state index contributed by atoms with van der Waals surface area (Å²) in [6.07, 6.45) is 0. The van der Waals surface area contributed by atoms with Gasteiger partial charge in [-0.2, -0.15) is 0 Å². The number of carbonyl (C=O) groups is 1. The Morgan fingerprint density at radius 3 is 2.64 bits per heavy atom. The monoisotopic (exact) mass is 418 g/mol. The van der Waals surface area contributed by atoms with Crippen LogP contribution in [0.1, 0.15) is 21.8 Å². The van der Waals surface area contributed by atoms with E-state index in [9.17, 15) is 9.59 Å². The van der Waals surface area contributed by atoms with Gasteiger partial charge in [0, 0.05) is 15.6 Å². The number of aromatic nitrogens is 2. The van der Waals surface area contributed by atoms with E-state index in [0.29, 0.717) is 28.5 Å². The number of anilines is 1. The van der Waals surface area contributed by atoms with Gasteiger partial charge in [0.05, 0.1) is 11.9 Å². The van der Waals surface area contributed by atoms with Crippen LogP contribution in [0.4, 0.5) is 5.69 Å². The van der Waals surface area contributed by atoms with Crippen LogP contribution in [0.25, 0.3) is 10.2 Å². The normalized spacial score (nSPS) is 11.4. The molecule has 28 heavy (non-hydrogen) atoms. The van der Waals surface area contributed by atoms with Crippen molar-refractivity contribution in [1.29, 1.82) is 0 Å². The van der Waals surface area contributed by atoms with Gasteiger partial charge < -0.3 is 10.2 Å². The summed E-state index contributed by atoms with van der Waals surface area (Å²) in [5.74, 6) is 0.278. The zero-order chi connectivity index (χ0) is 20.6. The van der Waals surface area contributed by atoms with Crippen molar-refractivity contribution in [1.82, 2.24) is 14.5 Å². The number of nitrogens with zero attached hydrogens (tertiary/aromatic N) is 3. The van der Waals surface area contributed by atoms with Crippen molar-refractivity contribution in [2.75, 3.05) is 19.4 Å². The summed E-state index contributed by atoms with van der Waals surface area (Å²) in [6, 6.07) is 5.34. The number of hydrogen-bond donors (Lipinski definition) is 1. The van der Waals surface area contributed by atoms with E-state index in [1.54, 1.807) is 18.2 Å². The second-order valence-corrected chi connectivity index (χ2v) is 8.69. The molecule has 1 N–H and O–H groups in total. The minimum Gasteiger partial charge on any atom is -0.324 e. The Hall–Kier alpha value is -2.22. The predicted molar refractivity (Wildman–Crippen MR) is 116 cm³/mol. The van der Waals surface area contributed by atoms with E-state index in [4.69, 9.17) is 11.6 Å². The molecule has 0 atom stereocenters. The Balaban J connectivity index is 2.01. The average molecular weight is 419 g/mol. The molecule has 0 bridgehead atoms. The molecule has 0 saturated heterocycles. The minimum atomic E-state index is -0.293. The Kier molecular flexibility index (Phi) is 5.88. The summed E-state index contributed by atoms with van der Waals surface area (Å²) in [5, 5.41) is 4.03. The Bertz CT molecular complexity index is 1120. The van der Waals surface area contributed by atoms with Crippen LogP contribution in [0, 0.1) is 20.8 Å². The van der Waals surface area contributed by atoms with Gasteiger partial charge in [0.15, 0.2) is 0 Å². The van der Waals surface area contributed by atoms with E-state index in [2.05, 4.69) is 10.3 Å². The standard InChI is InChI=1S/C20H23ClN4O2S/c1-11-13(3)28-19-18(11)20(27)25(16(23-19)9-24(4)5)10-17(26)22-15-8-6-7-14(21)12(15)2/h6-8H,9-10H2,1-5H3,(H,22,26). The van der Waals surface area contributed by atoms with Crippen molar-refractivity contribution in [2.45, 2.75) is 33.9 Å². The number of thiophene rings is 1. The van der Waals surface area contributed by atoms with Crippen LogP contribution in [0.2, 0.25) is 5.02 Å². The molecule has 0 aliphatic carbocycles. The lowest BCUT2D eigenvalue weighted by molar-refractivity contribution is -0.116. The third-order valence-electron chi connectivity index (χ3n) is 4.67. The van der Waals surface area contributed by atoms with Crippen LogP contribution in [0.5, 0.6) is 0 Å². The van der Waals surface area contributed by atoms with Gasteiger partial charge in [-0.25, -0.2) is 4.98 Å². The van der Waals surface area contributed by atoms with Gasteiger partial charge in [-0.1, -0.05) is 17.7 Å². The maximum absolute atomic E-state index is 13.2. The molecule has 6 nitrogen and oxygen atoms in total. The van der Waals surface area contributed by atoms with Crippen molar-refractivity contribution in [3.63, 3.8) is 0 Å². The molecule has 0 spiro atoms. The van der Waals surface area contributed by atoms with Gasteiger partial charge in [0.1, 0.15) is 17.2 Å². The summed E-state index contributed by atoms with van der Waals surface area (Å²) in [5.41, 5.74) is 2.17. The molecule has 0 unspecified atom stereocenters. The maximum atomic E-state index is 13.2. The second kappa shape index (κ2) is 8.03. The number of hydrogen-bond acceptors (Lipinski definition) is 5. The molecule has 0 aliphatic rings. The third kappa shape index (κ3) is 3.97. The molecular weight excluding hydrogens is 396 g/mol. The molecule has 2 heterocycles. The van der Waals surface area contributed by atoms with Gasteiger partial charge >= 0.3 is 0 Å². The van der Waals surface area contributed by atoms with Gasteiger partial charge in [0.25, 0.3) is 5.56 Å². The molecule has 148 valence electrons. The van der Waals surface area contributed by atoms with Crippen LogP contribution in [-0.4, -0.2) is 34.5 Å². The van der Waals surface area contributed by atoms with Crippen LogP contribution in [0.3, 0.4) is 0 Å². The van der Waals surface area contributed by atoms with Crippen molar-refractivity contribution in [2.24, 2.45) is 0 Å². The molecule has 1 amide bonds. The van der Waals surface area contributed by atoms with E-state index in [1.165, 1.54) is 15.9 Å². The molecule has 8 heteroatoms. The van der Waals surface area contributed by atoms with E-state index < -0.39 is 0 Å². The van der Waals surface area contributed by atoms with Gasteiger partial charge in [0.2, 0.25) is 5.91 Å². The molecule has 0 fully saturated rings. The van der Waals surface area contributed by atoms with Gasteiger partial charge in [-0.15, -0.1) is 11.3 Å². The first-order valence-electron chi connectivity index (χ1n) is 8.88. The zero-order valence-electron chi connectivity index (χ0n) is 16.6. The summed E-state index contributed by atoms with van der Waals surface area (Å²) < 4.78 is 1.47. The SMILES string of the molecule is Cc1sc2nc(CN(C)C)n(CC(=O)Nc3cccc(Cl)c3C)c(=O)c2c1C. The first kappa shape index (κ1) is 20.5. The fourth-order valence-corrected chi connectivity index (χ4v) is 4.23. The van der Waals surface area contributed by atoms with Crippen molar-refractivity contribution >= 4 is 44.7 Å². The molecule has 0 saturated carbocycles. The smallest absolute Gasteiger partial charge is 0.263 e. The molecule has 2 aromatic heterocycles. The molecule has 3 aromatic rings. The predicted octanol–water partition coefficient (Wildman–Crippen LogP) is 3.74. The number of rotatable bonds is 5. The highest BCUT2D eigenvalue weighted by Crippen LogP contribution is 2.27. The van der Waals surface area contributed by atoms with Crippen molar-refractivity contribution < 1.29 is 4.79 Å². The minimum absolute atomic E-state index is 0.106. The first-order valence-corrected chi connectivity index (χ1v) is 10.1. The summed E-state index contributed by atoms with van der Waals surface area (Å²) in [7, 11) is 3.81. The van der Waals surface area contributed by atoms with Crippen LogP contribution < -0.4 is 10.9 Å². The molecular formula is C20H23ClN4O2S. The lowest BCUT2D eigenvalue weighted by Crippen LogP contribution is -2.33. The van der Waals surface area contributed by atoms with Crippen molar-refractivity contribution in [3.05, 3.63) is 55.4 Å². The van der Waals surface area contributed by atoms with Gasteiger partial charge in [-0.3, -0.25) is 14.2 Å². The van der Waals surface area contributed by atoms with Crippen LogP contribution in [0.15, 0.2) is 23.0 Å². The summed E-state index contributed by atoms with van der Waals surface area (Å²) >= 11 is 7.64. The topological polar surface area (TPSA) is 67.2 Å². The lowest BCUT2D eigenvalue weighted by Gasteiger charge is -2.16. The third-order valence-corrected chi connectivity index (χ3v) is 6.18. The van der Waals surface area contributed by atoms with Crippen LogP contribution in [-0.2, 0) is 17.9 Å². The van der Waals surface area contributed by atoms with Gasteiger partial charge in [-0.05, 0) is 58.1 Å². The Morgan fingerprint density at radius 1 is 1.25 bits per heavy atom. The fraction of sp³-hybridized carbons (Fsp3) is 0.350. The highest BCUT2D eigenvalue weighted by atomic mass is 35.5. The average Bonchev–Trinajstić information content (AvgIpc) is 2.89. The van der Waals surface area contributed by atoms with Crippen molar-refractivity contribution in [3.8, 4) is 0 Å². The quantitative estimate of drug-likeness (QED) is 0.685. The zero-order valence-corrected chi connectivity index (χ0v) is 18.2. The van der Waals surface area contributed by atoms with Crippen LogP contribution >= 0.6 is 22.9 Å². The Labute approximate surface area is 172 Å². The van der Waals surface area contributed by atoms with E-state index in [-0.39, 0.29) is 18.0 Å². The van der Waals surface area contributed by atoms with E-state index >= 15 is 0 Å². The largest absolute Gasteiger partial charge is 0.324 e. The molecule has 1 aromatic carbocycles. The molecule has 0 aliphatic heterocycles. The molecule has 0 radical (unpaired) electrons. The first-order chi connectivity index (χ1) is 13.2. The highest BCUT2D eigenvalue weighted by molar-refractivity contribution is 7.18. The number of fused-ring (bicyclic) bond motifs is 1. The lowest BCUT2D eigenvalue weighted by atomic mass is 10.2. The number of nitrogens with one attached hydrogen (secondary N) is 1. The number of aryl methyl sites for hydroxylation is 2. The highest BCUT2D eigenvalue weighted by Gasteiger charge is 2.19. The number of benzene rings is 1. The van der Waals surface area contributed by atoms with E-state index in [1.807, 2.05) is 39.8 Å². The summed E-state index contributed by atoms with van der Waals surface area (Å²) in [6.45, 7) is 6.09. The number of halogens is 1. The van der Waals surface area contributed by atoms with E-state index in [0.717, 1.165) is 20.8 Å². The maximum Gasteiger partial charge on any atom is 0.263 e. The number of carbonyl (C=O) groups excluding carboxylic acids is 1.